The van der Waals surface area contributed by atoms with Crippen molar-refractivity contribution in [3.63, 3.8) is 0 Å². The molecule has 1 heterocycles. The molecule has 138 valence electrons. The molecule has 0 N–H and O–H groups in total. The van der Waals surface area contributed by atoms with E-state index in [-0.39, 0.29) is 5.54 Å². The van der Waals surface area contributed by atoms with Gasteiger partial charge in [0.15, 0.2) is 0 Å². The normalized spacial score (nSPS) is 18.9. The van der Waals surface area contributed by atoms with Gasteiger partial charge in [0.05, 0.1) is 17.8 Å². The third-order valence-electron chi connectivity index (χ3n) is 5.24. The molecule has 1 aliphatic rings. The molecular weight excluding hydrogens is 367 g/mol. The number of fused-ring (bicyclic) bond motifs is 1. The number of aliphatic imine (C=N–C) groups is 1. The number of methoxy groups -OCH3 is 1. The molecule has 1 unspecified atom stereocenters. The number of ether oxygens (including phenoxy) is 1. The highest BCUT2D eigenvalue weighted by molar-refractivity contribution is 6.36. The van der Waals surface area contributed by atoms with Crippen molar-refractivity contribution in [2.45, 2.75) is 38.6 Å². The Hall–Kier alpha value is -1.71. The quantitative estimate of drug-likeness (QED) is 0.560. The van der Waals surface area contributed by atoms with Crippen LogP contribution in [0, 0.1) is 0 Å². The van der Waals surface area contributed by atoms with Gasteiger partial charge in [-0.3, -0.25) is 4.99 Å². The van der Waals surface area contributed by atoms with Crippen molar-refractivity contribution < 1.29 is 4.74 Å². The molecule has 0 spiro atoms. The maximum atomic E-state index is 6.22. The predicted molar refractivity (Wildman–Crippen MR) is 112 cm³/mol. The van der Waals surface area contributed by atoms with Crippen LogP contribution in [-0.2, 0) is 0 Å². The van der Waals surface area contributed by atoms with Crippen molar-refractivity contribution in [1.29, 1.82) is 0 Å². The average molecular weight is 391 g/mol. The van der Waals surface area contributed by atoms with E-state index in [9.17, 15) is 0 Å². The van der Waals surface area contributed by atoms with E-state index in [2.05, 4.69) is 49.8 Å². The summed E-state index contributed by atoms with van der Waals surface area (Å²) in [6.07, 6.45) is 2.91. The fourth-order valence-corrected chi connectivity index (χ4v) is 4.07. The van der Waals surface area contributed by atoms with E-state index in [0.29, 0.717) is 21.7 Å². The Labute approximate surface area is 165 Å². The van der Waals surface area contributed by atoms with Gasteiger partial charge in [0, 0.05) is 41.1 Å². The third-order valence-corrected chi connectivity index (χ3v) is 5.78. The third kappa shape index (κ3) is 3.56. The summed E-state index contributed by atoms with van der Waals surface area (Å²) in [4.78, 5) is 6.87. The standard InChI is InChI=1S/C21H24Cl2N2O/c1-13-11-21(2,3)25(4)19-10-20(26-5)14(8-16(13)19)12-24-18-7-6-15(22)9-17(18)23/h6-10,12-13H,11H2,1-5H3. The number of nitrogens with zero attached hydrogens (tertiary/aromatic N) is 2. The summed E-state index contributed by atoms with van der Waals surface area (Å²) in [6.45, 7) is 6.82. The number of hydrogen-bond donors (Lipinski definition) is 0. The van der Waals surface area contributed by atoms with Gasteiger partial charge in [0.1, 0.15) is 5.75 Å². The summed E-state index contributed by atoms with van der Waals surface area (Å²) in [5.41, 5.74) is 4.27. The van der Waals surface area contributed by atoms with E-state index in [1.807, 2.05) is 6.07 Å². The number of hydrogen-bond acceptors (Lipinski definition) is 3. The Balaban J connectivity index is 2.03. The summed E-state index contributed by atoms with van der Waals surface area (Å²) in [7, 11) is 3.83. The maximum Gasteiger partial charge on any atom is 0.129 e. The Morgan fingerprint density at radius 3 is 2.62 bits per heavy atom. The smallest absolute Gasteiger partial charge is 0.129 e. The summed E-state index contributed by atoms with van der Waals surface area (Å²) >= 11 is 12.2. The van der Waals surface area contributed by atoms with Crippen LogP contribution < -0.4 is 9.64 Å². The van der Waals surface area contributed by atoms with Gasteiger partial charge in [0.25, 0.3) is 0 Å². The Bertz CT molecular complexity index is 861. The van der Waals surface area contributed by atoms with Crippen molar-refractivity contribution in [3.8, 4) is 5.75 Å². The van der Waals surface area contributed by atoms with Crippen LogP contribution >= 0.6 is 23.2 Å². The monoisotopic (exact) mass is 390 g/mol. The molecular formula is C21H24Cl2N2O. The molecule has 26 heavy (non-hydrogen) atoms. The lowest BCUT2D eigenvalue weighted by Crippen LogP contribution is -2.45. The molecule has 0 saturated carbocycles. The molecule has 0 saturated heterocycles. The molecule has 1 aliphatic heterocycles. The van der Waals surface area contributed by atoms with E-state index in [1.54, 1.807) is 25.5 Å². The molecule has 0 radical (unpaired) electrons. The molecule has 2 aromatic rings. The minimum absolute atomic E-state index is 0.115. The molecule has 3 nitrogen and oxygen atoms in total. The molecule has 3 rings (SSSR count). The fourth-order valence-electron chi connectivity index (χ4n) is 3.61. The highest BCUT2D eigenvalue weighted by Gasteiger charge is 2.34. The van der Waals surface area contributed by atoms with Crippen LogP contribution in [0.1, 0.15) is 44.2 Å². The van der Waals surface area contributed by atoms with Gasteiger partial charge < -0.3 is 9.64 Å². The number of benzene rings is 2. The summed E-state index contributed by atoms with van der Waals surface area (Å²) in [5, 5.41) is 1.13. The van der Waals surface area contributed by atoms with Crippen LogP contribution in [0.3, 0.4) is 0 Å². The van der Waals surface area contributed by atoms with Gasteiger partial charge in [-0.1, -0.05) is 30.1 Å². The molecule has 0 aromatic heterocycles. The van der Waals surface area contributed by atoms with Crippen molar-refractivity contribution >= 4 is 40.8 Å². The Morgan fingerprint density at radius 2 is 1.96 bits per heavy atom. The zero-order valence-corrected chi connectivity index (χ0v) is 17.3. The van der Waals surface area contributed by atoms with Crippen LogP contribution in [0.25, 0.3) is 0 Å². The van der Waals surface area contributed by atoms with E-state index in [4.69, 9.17) is 27.9 Å². The second-order valence-corrected chi connectivity index (χ2v) is 8.33. The number of rotatable bonds is 3. The first-order chi connectivity index (χ1) is 12.2. The largest absolute Gasteiger partial charge is 0.496 e. The zero-order valence-electron chi connectivity index (χ0n) is 15.8. The first kappa shape index (κ1) is 19.1. The van der Waals surface area contributed by atoms with Crippen LogP contribution in [-0.4, -0.2) is 25.9 Å². The van der Waals surface area contributed by atoms with Gasteiger partial charge in [0.2, 0.25) is 0 Å². The lowest BCUT2D eigenvalue weighted by atomic mass is 9.80. The molecule has 1 atom stereocenters. The highest BCUT2D eigenvalue weighted by atomic mass is 35.5. The Morgan fingerprint density at radius 1 is 1.23 bits per heavy atom. The van der Waals surface area contributed by atoms with Crippen LogP contribution in [0.2, 0.25) is 10.0 Å². The lowest BCUT2D eigenvalue weighted by molar-refractivity contribution is 0.389. The lowest BCUT2D eigenvalue weighted by Gasteiger charge is -2.45. The molecule has 0 fully saturated rings. The predicted octanol–water partition coefficient (Wildman–Crippen LogP) is 6.47. The van der Waals surface area contributed by atoms with Crippen molar-refractivity contribution in [2.24, 2.45) is 4.99 Å². The van der Waals surface area contributed by atoms with Crippen LogP contribution in [0.4, 0.5) is 11.4 Å². The summed E-state index contributed by atoms with van der Waals surface area (Å²) < 4.78 is 5.63. The topological polar surface area (TPSA) is 24.8 Å². The Kier molecular flexibility index (Phi) is 5.23. The average Bonchev–Trinajstić information content (AvgIpc) is 2.58. The second-order valence-electron chi connectivity index (χ2n) is 7.48. The van der Waals surface area contributed by atoms with E-state index >= 15 is 0 Å². The van der Waals surface area contributed by atoms with Crippen molar-refractivity contribution in [1.82, 2.24) is 0 Å². The molecule has 0 aliphatic carbocycles. The van der Waals surface area contributed by atoms with Gasteiger partial charge in [-0.05, 0) is 56.0 Å². The van der Waals surface area contributed by atoms with Gasteiger partial charge in [-0.2, -0.15) is 0 Å². The molecule has 0 amide bonds. The van der Waals surface area contributed by atoms with Crippen LogP contribution in [0.5, 0.6) is 5.75 Å². The van der Waals surface area contributed by atoms with Gasteiger partial charge in [-0.15, -0.1) is 0 Å². The summed E-state index contributed by atoms with van der Waals surface area (Å²) in [5.74, 6) is 1.27. The van der Waals surface area contributed by atoms with E-state index in [1.165, 1.54) is 11.3 Å². The first-order valence-corrected chi connectivity index (χ1v) is 9.43. The first-order valence-electron chi connectivity index (χ1n) is 8.68. The minimum Gasteiger partial charge on any atom is -0.496 e. The minimum atomic E-state index is 0.115. The molecule has 5 heteroatoms. The van der Waals surface area contributed by atoms with Crippen molar-refractivity contribution in [2.75, 3.05) is 19.1 Å². The van der Waals surface area contributed by atoms with E-state index < -0.39 is 0 Å². The maximum absolute atomic E-state index is 6.22. The summed E-state index contributed by atoms with van der Waals surface area (Å²) in [6, 6.07) is 9.57. The number of halogens is 2. The molecule has 0 bridgehead atoms. The highest BCUT2D eigenvalue weighted by Crippen LogP contribution is 2.44. The van der Waals surface area contributed by atoms with Gasteiger partial charge >= 0.3 is 0 Å². The van der Waals surface area contributed by atoms with E-state index in [0.717, 1.165) is 17.7 Å². The molecule has 2 aromatic carbocycles. The second kappa shape index (κ2) is 7.13. The fraction of sp³-hybridized carbons (Fsp3) is 0.381. The number of anilines is 1. The van der Waals surface area contributed by atoms with Crippen LogP contribution in [0.15, 0.2) is 35.3 Å². The zero-order chi connectivity index (χ0) is 19.1. The van der Waals surface area contributed by atoms with Gasteiger partial charge in [-0.25, -0.2) is 0 Å². The van der Waals surface area contributed by atoms with Crippen molar-refractivity contribution in [3.05, 3.63) is 51.5 Å². The SMILES string of the molecule is COc1cc2c(cc1C=Nc1ccc(Cl)cc1Cl)C(C)CC(C)(C)N2C.